The second-order valence-electron chi connectivity index (χ2n) is 6.67. The zero-order valence-corrected chi connectivity index (χ0v) is 15.7. The van der Waals surface area contributed by atoms with E-state index in [-0.39, 0.29) is 18.5 Å². The number of amides is 1. The lowest BCUT2D eigenvalue weighted by molar-refractivity contribution is -0.114. The van der Waals surface area contributed by atoms with Crippen molar-refractivity contribution in [1.29, 1.82) is 0 Å². The molecule has 3 rings (SSSR count). The van der Waals surface area contributed by atoms with Gasteiger partial charge in [0.15, 0.2) is 0 Å². The lowest BCUT2D eigenvalue weighted by atomic mass is 9.95. The van der Waals surface area contributed by atoms with Crippen molar-refractivity contribution >= 4 is 28.2 Å². The number of esters is 1. The van der Waals surface area contributed by atoms with E-state index in [1.807, 2.05) is 26.0 Å². The lowest BCUT2D eigenvalue weighted by Crippen LogP contribution is -2.13. The Labute approximate surface area is 152 Å². The van der Waals surface area contributed by atoms with E-state index in [0.717, 1.165) is 47.9 Å². The van der Waals surface area contributed by atoms with Crippen LogP contribution in [0.4, 0.5) is 5.00 Å². The van der Waals surface area contributed by atoms with Crippen LogP contribution < -0.4 is 5.32 Å². The Balaban J connectivity index is 1.83. The molecule has 132 valence electrons. The molecule has 0 fully saturated rings. The van der Waals surface area contributed by atoms with Gasteiger partial charge < -0.3 is 10.1 Å². The summed E-state index contributed by atoms with van der Waals surface area (Å²) < 4.78 is 5.59. The van der Waals surface area contributed by atoms with E-state index in [1.54, 1.807) is 0 Å². The lowest BCUT2D eigenvalue weighted by Gasteiger charge is -2.13. The molecule has 1 aliphatic carbocycles. The van der Waals surface area contributed by atoms with Gasteiger partial charge in [0.2, 0.25) is 5.91 Å². The Kier molecular flexibility index (Phi) is 5.23. The third-order valence-electron chi connectivity index (χ3n) is 4.32. The third kappa shape index (κ3) is 4.10. The van der Waals surface area contributed by atoms with Crippen LogP contribution in [0.2, 0.25) is 0 Å². The average molecular weight is 357 g/mol. The molecular formula is C20H23NO3S. The van der Waals surface area contributed by atoms with Crippen molar-refractivity contribution in [2.24, 2.45) is 0 Å². The molecule has 1 N–H and O–H groups in total. The number of thiophene rings is 1. The highest BCUT2D eigenvalue weighted by atomic mass is 32.1. The maximum absolute atomic E-state index is 12.8. The largest absolute Gasteiger partial charge is 0.457 e. The van der Waals surface area contributed by atoms with Crippen LogP contribution in [0.1, 0.15) is 57.3 Å². The van der Waals surface area contributed by atoms with Crippen molar-refractivity contribution in [2.75, 3.05) is 5.32 Å². The molecule has 0 atom stereocenters. The number of fused-ring (bicyclic) bond motifs is 1. The normalized spacial score (nSPS) is 13.2. The highest BCUT2D eigenvalue weighted by Gasteiger charge is 2.27. The van der Waals surface area contributed by atoms with E-state index in [9.17, 15) is 9.59 Å². The van der Waals surface area contributed by atoms with E-state index < -0.39 is 0 Å². The molecule has 0 unspecified atom stereocenters. The first-order valence-corrected chi connectivity index (χ1v) is 9.42. The van der Waals surface area contributed by atoms with Crippen molar-refractivity contribution in [1.82, 2.24) is 0 Å². The fourth-order valence-corrected chi connectivity index (χ4v) is 4.73. The summed E-state index contributed by atoms with van der Waals surface area (Å²) in [7, 11) is 0. The molecule has 0 bridgehead atoms. The molecule has 1 amide bonds. The van der Waals surface area contributed by atoms with Crippen LogP contribution in [0.3, 0.4) is 0 Å². The van der Waals surface area contributed by atoms with Crippen molar-refractivity contribution in [2.45, 2.75) is 53.1 Å². The van der Waals surface area contributed by atoms with Gasteiger partial charge in [-0.05, 0) is 50.7 Å². The second kappa shape index (κ2) is 7.40. The number of carbonyl (C=O) groups excluding carboxylic acids is 2. The standard InChI is InChI=1S/C20H23NO3S/c1-12-8-13(2)10-15(9-12)11-24-20(23)18-16-6-4-5-7-17(16)25-19(18)21-14(3)22/h8-10H,4-7,11H2,1-3H3,(H,21,22). The van der Waals surface area contributed by atoms with E-state index in [2.05, 4.69) is 11.4 Å². The van der Waals surface area contributed by atoms with E-state index in [4.69, 9.17) is 4.74 Å². The molecule has 0 aliphatic heterocycles. The Morgan fingerprint density at radius 3 is 2.48 bits per heavy atom. The van der Waals surface area contributed by atoms with Crippen LogP contribution in [0.15, 0.2) is 18.2 Å². The Bertz CT molecular complexity index is 802. The molecule has 2 aromatic rings. The predicted molar refractivity (Wildman–Crippen MR) is 100 cm³/mol. The van der Waals surface area contributed by atoms with Gasteiger partial charge in [-0.25, -0.2) is 4.79 Å². The first-order valence-electron chi connectivity index (χ1n) is 8.60. The highest BCUT2D eigenvalue weighted by Crippen LogP contribution is 2.38. The third-order valence-corrected chi connectivity index (χ3v) is 5.52. The SMILES string of the molecule is CC(=O)Nc1sc2c(c1C(=O)OCc1cc(C)cc(C)c1)CCCC2. The molecule has 0 spiro atoms. The minimum absolute atomic E-state index is 0.165. The number of hydrogen-bond donors (Lipinski definition) is 1. The first-order chi connectivity index (χ1) is 11.9. The predicted octanol–water partition coefficient (Wildman–Crippen LogP) is 4.56. The minimum Gasteiger partial charge on any atom is -0.457 e. The summed E-state index contributed by atoms with van der Waals surface area (Å²) in [5.74, 6) is -0.510. The molecule has 0 radical (unpaired) electrons. The second-order valence-corrected chi connectivity index (χ2v) is 7.77. The summed E-state index contributed by atoms with van der Waals surface area (Å²) in [5.41, 5.74) is 4.90. The maximum atomic E-state index is 12.8. The Morgan fingerprint density at radius 1 is 1.12 bits per heavy atom. The summed E-state index contributed by atoms with van der Waals surface area (Å²) in [6, 6.07) is 6.14. The number of carbonyl (C=O) groups is 2. The van der Waals surface area contributed by atoms with E-state index >= 15 is 0 Å². The molecule has 4 nitrogen and oxygen atoms in total. The minimum atomic E-state index is -0.345. The van der Waals surface area contributed by atoms with Crippen LogP contribution >= 0.6 is 11.3 Å². The van der Waals surface area contributed by atoms with Gasteiger partial charge in [-0.15, -0.1) is 11.3 Å². The number of benzene rings is 1. The summed E-state index contributed by atoms with van der Waals surface area (Å²) in [5, 5.41) is 3.44. The van der Waals surface area contributed by atoms with Gasteiger partial charge in [0.1, 0.15) is 11.6 Å². The van der Waals surface area contributed by atoms with E-state index in [0.29, 0.717) is 10.6 Å². The molecule has 0 saturated heterocycles. The fourth-order valence-electron chi connectivity index (χ4n) is 3.40. The monoisotopic (exact) mass is 357 g/mol. The summed E-state index contributed by atoms with van der Waals surface area (Å²) in [6.07, 6.45) is 4.04. The van der Waals surface area contributed by atoms with Gasteiger partial charge in [-0.1, -0.05) is 29.3 Å². The summed E-state index contributed by atoms with van der Waals surface area (Å²) >= 11 is 1.51. The first kappa shape index (κ1) is 17.7. The number of ether oxygens (including phenoxy) is 1. The van der Waals surface area contributed by atoms with Gasteiger partial charge in [0, 0.05) is 11.8 Å². The zero-order chi connectivity index (χ0) is 18.0. The molecule has 1 heterocycles. The van der Waals surface area contributed by atoms with Crippen LogP contribution in [0, 0.1) is 13.8 Å². The summed E-state index contributed by atoms with van der Waals surface area (Å²) in [6.45, 7) is 5.76. The molecule has 1 aromatic carbocycles. The summed E-state index contributed by atoms with van der Waals surface area (Å²) in [4.78, 5) is 25.5. The number of hydrogen-bond acceptors (Lipinski definition) is 4. The van der Waals surface area contributed by atoms with E-state index in [1.165, 1.54) is 23.1 Å². The van der Waals surface area contributed by atoms with Gasteiger partial charge >= 0.3 is 5.97 Å². The highest BCUT2D eigenvalue weighted by molar-refractivity contribution is 7.17. The quantitative estimate of drug-likeness (QED) is 0.816. The topological polar surface area (TPSA) is 55.4 Å². The average Bonchev–Trinajstić information content (AvgIpc) is 2.88. The van der Waals surface area contributed by atoms with Crippen LogP contribution in [0.5, 0.6) is 0 Å². The fraction of sp³-hybridized carbons (Fsp3) is 0.400. The Morgan fingerprint density at radius 2 is 1.80 bits per heavy atom. The molecule has 1 aliphatic rings. The van der Waals surface area contributed by atoms with Crippen molar-refractivity contribution < 1.29 is 14.3 Å². The number of rotatable bonds is 4. The Hall–Kier alpha value is -2.14. The maximum Gasteiger partial charge on any atom is 0.341 e. The number of nitrogens with one attached hydrogen (secondary N) is 1. The van der Waals surface area contributed by atoms with Gasteiger partial charge in [0.25, 0.3) is 0 Å². The molecule has 25 heavy (non-hydrogen) atoms. The van der Waals surface area contributed by atoms with Gasteiger partial charge in [-0.2, -0.15) is 0 Å². The molecule has 5 heteroatoms. The smallest absolute Gasteiger partial charge is 0.341 e. The van der Waals surface area contributed by atoms with Gasteiger partial charge in [-0.3, -0.25) is 4.79 Å². The van der Waals surface area contributed by atoms with Crippen LogP contribution in [0.25, 0.3) is 0 Å². The van der Waals surface area contributed by atoms with Crippen molar-refractivity contribution in [3.63, 3.8) is 0 Å². The van der Waals surface area contributed by atoms with Crippen molar-refractivity contribution in [3.05, 3.63) is 50.9 Å². The molecule has 1 aromatic heterocycles. The van der Waals surface area contributed by atoms with Crippen LogP contribution in [-0.2, 0) is 29.0 Å². The van der Waals surface area contributed by atoms with Crippen molar-refractivity contribution in [3.8, 4) is 0 Å². The molecule has 0 saturated carbocycles. The van der Waals surface area contributed by atoms with Crippen LogP contribution in [-0.4, -0.2) is 11.9 Å². The molecular weight excluding hydrogens is 334 g/mol. The number of anilines is 1. The van der Waals surface area contributed by atoms with Gasteiger partial charge in [0.05, 0.1) is 5.56 Å². The number of aryl methyl sites for hydroxylation is 3. The zero-order valence-electron chi connectivity index (χ0n) is 14.9.